The smallest absolute Gasteiger partial charge is 0.124 e. The van der Waals surface area contributed by atoms with Gasteiger partial charge in [0.2, 0.25) is 0 Å². The van der Waals surface area contributed by atoms with Crippen molar-refractivity contribution in [2.75, 3.05) is 6.61 Å². The summed E-state index contributed by atoms with van der Waals surface area (Å²) in [6.07, 6.45) is 0. The van der Waals surface area contributed by atoms with Crippen LogP contribution in [0.25, 0.3) is 0 Å². The highest BCUT2D eigenvalue weighted by molar-refractivity contribution is 9.10. The third-order valence-corrected chi connectivity index (χ3v) is 2.53. The molecule has 0 aliphatic carbocycles. The predicted octanol–water partition coefficient (Wildman–Crippen LogP) is 3.50. The topological polar surface area (TPSA) is 35.2 Å². The molecule has 0 aliphatic heterocycles. The quantitative estimate of drug-likeness (QED) is 0.910. The molecule has 15 heavy (non-hydrogen) atoms. The summed E-state index contributed by atoms with van der Waals surface area (Å²) >= 11 is 3.43. The van der Waals surface area contributed by atoms with Crippen LogP contribution >= 0.6 is 15.9 Å². The van der Waals surface area contributed by atoms with E-state index in [-0.39, 0.29) is 6.04 Å². The lowest BCUT2D eigenvalue weighted by Gasteiger charge is -2.15. The zero-order chi connectivity index (χ0) is 11.4. The van der Waals surface area contributed by atoms with Crippen LogP contribution in [0.2, 0.25) is 0 Å². The van der Waals surface area contributed by atoms with Gasteiger partial charge in [-0.05, 0) is 31.0 Å². The fourth-order valence-electron chi connectivity index (χ4n) is 1.26. The van der Waals surface area contributed by atoms with Gasteiger partial charge in [-0.15, -0.1) is 0 Å². The predicted molar refractivity (Wildman–Crippen MR) is 67.1 cm³/mol. The number of hydrogen-bond acceptors (Lipinski definition) is 2. The van der Waals surface area contributed by atoms with Crippen molar-refractivity contribution in [2.24, 2.45) is 11.7 Å². The number of hydrogen-bond donors (Lipinski definition) is 1. The van der Waals surface area contributed by atoms with E-state index in [0.29, 0.717) is 5.92 Å². The van der Waals surface area contributed by atoms with Crippen LogP contribution in [-0.4, -0.2) is 6.61 Å². The molecule has 2 N–H and O–H groups in total. The zero-order valence-electron chi connectivity index (χ0n) is 9.46. The van der Waals surface area contributed by atoms with Crippen molar-refractivity contribution in [1.82, 2.24) is 0 Å². The minimum Gasteiger partial charge on any atom is -0.493 e. The van der Waals surface area contributed by atoms with Crippen LogP contribution in [0.3, 0.4) is 0 Å². The van der Waals surface area contributed by atoms with Crippen molar-refractivity contribution in [3.05, 3.63) is 28.2 Å². The van der Waals surface area contributed by atoms with Gasteiger partial charge in [0.15, 0.2) is 0 Å². The van der Waals surface area contributed by atoms with Crippen LogP contribution in [0, 0.1) is 5.92 Å². The molecule has 3 heteroatoms. The van der Waals surface area contributed by atoms with E-state index in [4.69, 9.17) is 10.5 Å². The molecule has 0 saturated carbocycles. The summed E-state index contributed by atoms with van der Waals surface area (Å²) < 4.78 is 6.75. The monoisotopic (exact) mass is 271 g/mol. The Morgan fingerprint density at radius 1 is 1.33 bits per heavy atom. The van der Waals surface area contributed by atoms with Crippen molar-refractivity contribution in [2.45, 2.75) is 26.8 Å². The average Bonchev–Trinajstić information content (AvgIpc) is 2.15. The van der Waals surface area contributed by atoms with E-state index in [2.05, 4.69) is 29.8 Å². The van der Waals surface area contributed by atoms with Gasteiger partial charge in [0.1, 0.15) is 5.75 Å². The molecule has 0 saturated heterocycles. The Morgan fingerprint density at radius 2 is 2.00 bits per heavy atom. The molecule has 0 unspecified atom stereocenters. The standard InChI is InChI=1S/C12H18BrNO/c1-8(2)7-15-12-5-4-10(13)6-11(12)9(3)14/h4-6,8-9H,7,14H2,1-3H3/t9-/m0/s1. The summed E-state index contributed by atoms with van der Waals surface area (Å²) in [5.74, 6) is 1.41. The highest BCUT2D eigenvalue weighted by Crippen LogP contribution is 2.27. The van der Waals surface area contributed by atoms with Crippen LogP contribution in [-0.2, 0) is 0 Å². The van der Waals surface area contributed by atoms with Gasteiger partial charge < -0.3 is 10.5 Å². The van der Waals surface area contributed by atoms with Crippen LogP contribution in [0.4, 0.5) is 0 Å². The molecule has 0 radical (unpaired) electrons. The van der Waals surface area contributed by atoms with E-state index < -0.39 is 0 Å². The first kappa shape index (κ1) is 12.5. The molecule has 0 heterocycles. The van der Waals surface area contributed by atoms with E-state index in [9.17, 15) is 0 Å². The number of ether oxygens (including phenoxy) is 1. The van der Waals surface area contributed by atoms with Crippen LogP contribution in [0.1, 0.15) is 32.4 Å². The first-order valence-electron chi connectivity index (χ1n) is 5.18. The van der Waals surface area contributed by atoms with Gasteiger partial charge in [-0.2, -0.15) is 0 Å². The van der Waals surface area contributed by atoms with Crippen LogP contribution < -0.4 is 10.5 Å². The number of rotatable bonds is 4. The Hall–Kier alpha value is -0.540. The fourth-order valence-corrected chi connectivity index (χ4v) is 1.64. The van der Waals surface area contributed by atoms with Gasteiger partial charge >= 0.3 is 0 Å². The van der Waals surface area contributed by atoms with Crippen LogP contribution in [0.5, 0.6) is 5.75 Å². The number of nitrogens with two attached hydrogens (primary N) is 1. The van der Waals surface area contributed by atoms with E-state index >= 15 is 0 Å². The summed E-state index contributed by atoms with van der Waals surface area (Å²) in [5.41, 5.74) is 6.94. The molecule has 0 aromatic heterocycles. The summed E-state index contributed by atoms with van der Waals surface area (Å²) in [4.78, 5) is 0. The van der Waals surface area contributed by atoms with E-state index in [1.54, 1.807) is 0 Å². The first-order chi connectivity index (χ1) is 7.00. The number of halogens is 1. The Bertz CT molecular complexity index is 323. The first-order valence-corrected chi connectivity index (χ1v) is 5.98. The molecule has 0 spiro atoms. The lowest BCUT2D eigenvalue weighted by molar-refractivity contribution is 0.267. The zero-order valence-corrected chi connectivity index (χ0v) is 11.0. The van der Waals surface area contributed by atoms with E-state index in [0.717, 1.165) is 22.4 Å². The Labute approximate surface area is 99.9 Å². The molecule has 1 aromatic rings. The summed E-state index contributed by atoms with van der Waals surface area (Å²) in [6, 6.07) is 5.94. The third-order valence-electron chi connectivity index (χ3n) is 2.03. The second kappa shape index (κ2) is 5.52. The molecule has 2 nitrogen and oxygen atoms in total. The maximum Gasteiger partial charge on any atom is 0.124 e. The maximum absolute atomic E-state index is 5.89. The largest absolute Gasteiger partial charge is 0.493 e. The third kappa shape index (κ3) is 3.84. The average molecular weight is 272 g/mol. The van der Waals surface area contributed by atoms with Gasteiger partial charge in [0.25, 0.3) is 0 Å². The van der Waals surface area contributed by atoms with Gasteiger partial charge in [-0.1, -0.05) is 29.8 Å². The molecule has 0 aliphatic rings. The molecule has 84 valence electrons. The molecule has 0 bridgehead atoms. The van der Waals surface area contributed by atoms with Crippen molar-refractivity contribution in [3.8, 4) is 5.75 Å². The van der Waals surface area contributed by atoms with E-state index in [1.807, 2.05) is 25.1 Å². The summed E-state index contributed by atoms with van der Waals surface area (Å²) in [5, 5.41) is 0. The summed E-state index contributed by atoms with van der Waals surface area (Å²) in [6.45, 7) is 6.94. The fraction of sp³-hybridized carbons (Fsp3) is 0.500. The second-order valence-corrected chi connectivity index (χ2v) is 5.09. The normalized spacial score (nSPS) is 12.9. The Balaban J connectivity index is 2.86. The van der Waals surface area contributed by atoms with Crippen molar-refractivity contribution >= 4 is 15.9 Å². The van der Waals surface area contributed by atoms with Crippen molar-refractivity contribution < 1.29 is 4.74 Å². The minimum atomic E-state index is -0.00957. The van der Waals surface area contributed by atoms with Gasteiger partial charge in [-0.3, -0.25) is 0 Å². The molecule has 1 atom stereocenters. The Morgan fingerprint density at radius 3 is 2.53 bits per heavy atom. The van der Waals surface area contributed by atoms with Crippen molar-refractivity contribution in [3.63, 3.8) is 0 Å². The molecule has 0 fully saturated rings. The summed E-state index contributed by atoms with van der Waals surface area (Å²) in [7, 11) is 0. The maximum atomic E-state index is 5.89. The molecular weight excluding hydrogens is 254 g/mol. The molecule has 1 aromatic carbocycles. The van der Waals surface area contributed by atoms with E-state index in [1.165, 1.54) is 0 Å². The van der Waals surface area contributed by atoms with Crippen molar-refractivity contribution in [1.29, 1.82) is 0 Å². The molecular formula is C12H18BrNO. The lowest BCUT2D eigenvalue weighted by atomic mass is 10.1. The molecule has 0 amide bonds. The second-order valence-electron chi connectivity index (χ2n) is 4.18. The highest BCUT2D eigenvalue weighted by Gasteiger charge is 2.09. The van der Waals surface area contributed by atoms with Gasteiger partial charge in [0, 0.05) is 16.1 Å². The lowest BCUT2D eigenvalue weighted by Crippen LogP contribution is -2.10. The molecule has 1 rings (SSSR count). The minimum absolute atomic E-state index is 0.00957. The van der Waals surface area contributed by atoms with Gasteiger partial charge in [0.05, 0.1) is 6.61 Å². The SMILES string of the molecule is CC(C)COc1ccc(Br)cc1[C@H](C)N. The van der Waals surface area contributed by atoms with Gasteiger partial charge in [-0.25, -0.2) is 0 Å². The van der Waals surface area contributed by atoms with Crippen LogP contribution in [0.15, 0.2) is 22.7 Å². The highest BCUT2D eigenvalue weighted by atomic mass is 79.9. The number of benzene rings is 1. The Kier molecular flexibility index (Phi) is 4.61.